The van der Waals surface area contributed by atoms with Crippen molar-refractivity contribution >= 4 is 10.0 Å². The van der Waals surface area contributed by atoms with Crippen LogP contribution in [0.1, 0.15) is 12.8 Å². The van der Waals surface area contributed by atoms with Gasteiger partial charge in [-0.2, -0.15) is 0 Å². The van der Waals surface area contributed by atoms with Crippen molar-refractivity contribution in [2.45, 2.75) is 19.1 Å². The lowest BCUT2D eigenvalue weighted by Gasteiger charge is -2.22. The van der Waals surface area contributed by atoms with Gasteiger partial charge in [0, 0.05) is 13.0 Å². The summed E-state index contributed by atoms with van der Waals surface area (Å²) in [6.07, 6.45) is 2.36. The molecule has 0 aromatic heterocycles. The lowest BCUT2D eigenvalue weighted by molar-refractivity contribution is -0.180. The molecule has 0 amide bonds. The predicted molar refractivity (Wildman–Crippen MR) is 47.8 cm³/mol. The number of ether oxygens (including phenoxy) is 2. The highest BCUT2D eigenvalue weighted by atomic mass is 32.2. The van der Waals surface area contributed by atoms with Crippen LogP contribution in [0.5, 0.6) is 0 Å². The van der Waals surface area contributed by atoms with Crippen LogP contribution in [0.4, 0.5) is 0 Å². The molecule has 6 heteroatoms. The van der Waals surface area contributed by atoms with E-state index in [4.69, 9.17) is 9.47 Å². The number of rotatable bonds is 4. The molecule has 1 saturated heterocycles. The first kappa shape index (κ1) is 10.9. The zero-order valence-corrected chi connectivity index (χ0v) is 8.47. The molecule has 0 bridgehead atoms. The monoisotopic (exact) mass is 209 g/mol. The minimum atomic E-state index is -3.09. The highest BCUT2D eigenvalue weighted by Crippen LogP contribution is 2.07. The van der Waals surface area contributed by atoms with Gasteiger partial charge in [0.15, 0.2) is 6.29 Å². The summed E-state index contributed by atoms with van der Waals surface area (Å²) in [5.74, 6) is 0. The minimum absolute atomic E-state index is 0.247. The highest BCUT2D eigenvalue weighted by molar-refractivity contribution is 7.88. The lowest BCUT2D eigenvalue weighted by atomic mass is 10.4. The fourth-order valence-electron chi connectivity index (χ4n) is 1.07. The summed E-state index contributed by atoms with van der Waals surface area (Å²) in [4.78, 5) is 0. The van der Waals surface area contributed by atoms with Crippen molar-refractivity contribution in [1.82, 2.24) is 4.72 Å². The van der Waals surface area contributed by atoms with Crippen molar-refractivity contribution in [1.29, 1.82) is 0 Å². The van der Waals surface area contributed by atoms with E-state index in [0.717, 1.165) is 12.7 Å². The second-order valence-electron chi connectivity index (χ2n) is 2.98. The van der Waals surface area contributed by atoms with Gasteiger partial charge in [-0.25, -0.2) is 13.1 Å². The average Bonchev–Trinajstić information content (AvgIpc) is 2.04. The first-order valence-electron chi connectivity index (χ1n) is 4.26. The summed E-state index contributed by atoms with van der Waals surface area (Å²) >= 11 is 0. The van der Waals surface area contributed by atoms with Crippen LogP contribution in [0.25, 0.3) is 0 Å². The zero-order valence-electron chi connectivity index (χ0n) is 7.65. The predicted octanol–water partition coefficient (Wildman–Crippen LogP) is -0.311. The Morgan fingerprint density at radius 3 is 2.54 bits per heavy atom. The van der Waals surface area contributed by atoms with Crippen LogP contribution in [0.2, 0.25) is 0 Å². The summed E-state index contributed by atoms with van der Waals surface area (Å²) in [6.45, 7) is 1.76. The Morgan fingerprint density at radius 1 is 1.38 bits per heavy atom. The van der Waals surface area contributed by atoms with E-state index in [-0.39, 0.29) is 6.29 Å². The van der Waals surface area contributed by atoms with Crippen LogP contribution in [0, 0.1) is 0 Å². The Morgan fingerprint density at radius 2 is 2.00 bits per heavy atom. The standard InChI is InChI=1S/C7H15NO4S/c1-13(9,10)8-4-3-7-11-5-2-6-12-7/h7-8H,2-6H2,1H3. The van der Waals surface area contributed by atoms with Crippen LogP contribution in [-0.4, -0.2) is 40.7 Å². The molecule has 13 heavy (non-hydrogen) atoms. The highest BCUT2D eigenvalue weighted by Gasteiger charge is 2.13. The third-order valence-electron chi connectivity index (χ3n) is 1.64. The Bertz CT molecular complexity index is 233. The third kappa shape index (κ3) is 5.20. The van der Waals surface area contributed by atoms with E-state index in [0.29, 0.717) is 26.2 Å². The third-order valence-corrected chi connectivity index (χ3v) is 2.37. The van der Waals surface area contributed by atoms with E-state index in [9.17, 15) is 8.42 Å². The van der Waals surface area contributed by atoms with Crippen molar-refractivity contribution in [2.24, 2.45) is 0 Å². The zero-order chi connectivity index (χ0) is 9.73. The molecule has 1 N–H and O–H groups in total. The van der Waals surface area contributed by atoms with E-state index < -0.39 is 10.0 Å². The molecule has 78 valence electrons. The summed E-state index contributed by atoms with van der Waals surface area (Å²) in [5.41, 5.74) is 0. The molecule has 1 heterocycles. The quantitative estimate of drug-likeness (QED) is 0.689. The van der Waals surface area contributed by atoms with Crippen LogP contribution in [0.15, 0.2) is 0 Å². The molecule has 1 fully saturated rings. The van der Waals surface area contributed by atoms with Gasteiger partial charge in [0.25, 0.3) is 0 Å². The molecule has 1 rings (SSSR count). The van der Waals surface area contributed by atoms with Crippen molar-refractivity contribution in [3.8, 4) is 0 Å². The molecule has 0 saturated carbocycles. The van der Waals surface area contributed by atoms with Gasteiger partial charge < -0.3 is 9.47 Å². The first-order chi connectivity index (χ1) is 6.08. The minimum Gasteiger partial charge on any atom is -0.353 e. The summed E-state index contributed by atoms with van der Waals surface area (Å²) in [7, 11) is -3.09. The molecule has 0 aliphatic carbocycles. The smallest absolute Gasteiger partial charge is 0.208 e. The van der Waals surface area contributed by atoms with Gasteiger partial charge in [0.1, 0.15) is 0 Å². The van der Waals surface area contributed by atoms with Crippen LogP contribution in [0.3, 0.4) is 0 Å². The number of nitrogens with one attached hydrogen (secondary N) is 1. The van der Waals surface area contributed by atoms with E-state index in [1.54, 1.807) is 0 Å². The molecule has 0 radical (unpaired) electrons. The van der Waals surface area contributed by atoms with E-state index in [1.165, 1.54) is 0 Å². The van der Waals surface area contributed by atoms with Gasteiger partial charge in [-0.05, 0) is 6.42 Å². The maximum absolute atomic E-state index is 10.7. The lowest BCUT2D eigenvalue weighted by Crippen LogP contribution is -2.31. The second-order valence-corrected chi connectivity index (χ2v) is 4.81. The Kier molecular flexibility index (Phi) is 4.11. The van der Waals surface area contributed by atoms with Gasteiger partial charge in [0.05, 0.1) is 19.5 Å². The SMILES string of the molecule is CS(=O)(=O)NCCC1OCCCO1. The fraction of sp³-hybridized carbons (Fsp3) is 1.00. The first-order valence-corrected chi connectivity index (χ1v) is 6.15. The van der Waals surface area contributed by atoms with Crippen LogP contribution in [-0.2, 0) is 19.5 Å². The molecule has 0 aromatic rings. The maximum atomic E-state index is 10.7. The van der Waals surface area contributed by atoms with Gasteiger partial charge in [-0.15, -0.1) is 0 Å². The molecule has 0 spiro atoms. The number of hydrogen-bond donors (Lipinski definition) is 1. The van der Waals surface area contributed by atoms with Gasteiger partial charge in [-0.3, -0.25) is 0 Å². The van der Waals surface area contributed by atoms with Gasteiger partial charge in [0.2, 0.25) is 10.0 Å². The normalized spacial score (nSPS) is 20.4. The largest absolute Gasteiger partial charge is 0.353 e. The molecular formula is C7H15NO4S. The summed E-state index contributed by atoms with van der Waals surface area (Å²) in [6, 6.07) is 0. The van der Waals surface area contributed by atoms with Crippen molar-refractivity contribution in [3.63, 3.8) is 0 Å². The van der Waals surface area contributed by atoms with E-state index >= 15 is 0 Å². The van der Waals surface area contributed by atoms with E-state index in [2.05, 4.69) is 4.72 Å². The Labute approximate surface area is 78.5 Å². The fourth-order valence-corrected chi connectivity index (χ4v) is 1.55. The van der Waals surface area contributed by atoms with Crippen LogP contribution >= 0.6 is 0 Å². The molecule has 1 aliphatic rings. The topological polar surface area (TPSA) is 64.6 Å². The summed E-state index contributed by atoms with van der Waals surface area (Å²) < 4.78 is 34.2. The van der Waals surface area contributed by atoms with Crippen molar-refractivity contribution < 1.29 is 17.9 Å². The molecule has 0 aromatic carbocycles. The second kappa shape index (κ2) is 4.90. The Hall–Kier alpha value is -0.170. The van der Waals surface area contributed by atoms with Crippen LogP contribution < -0.4 is 4.72 Å². The molecule has 1 aliphatic heterocycles. The van der Waals surface area contributed by atoms with Crippen molar-refractivity contribution in [2.75, 3.05) is 26.0 Å². The Balaban J connectivity index is 2.11. The molecule has 0 atom stereocenters. The summed E-state index contributed by atoms with van der Waals surface area (Å²) in [5, 5.41) is 0. The molecule has 5 nitrogen and oxygen atoms in total. The number of hydrogen-bond acceptors (Lipinski definition) is 4. The maximum Gasteiger partial charge on any atom is 0.208 e. The van der Waals surface area contributed by atoms with Gasteiger partial charge in [-0.1, -0.05) is 0 Å². The van der Waals surface area contributed by atoms with Crippen molar-refractivity contribution in [3.05, 3.63) is 0 Å². The number of sulfonamides is 1. The van der Waals surface area contributed by atoms with E-state index in [1.807, 2.05) is 0 Å². The molecular weight excluding hydrogens is 194 g/mol. The van der Waals surface area contributed by atoms with Gasteiger partial charge >= 0.3 is 0 Å². The average molecular weight is 209 g/mol. The molecule has 0 unspecified atom stereocenters.